The predicted molar refractivity (Wildman–Crippen MR) is 77.1 cm³/mol. The summed E-state index contributed by atoms with van der Waals surface area (Å²) in [7, 11) is 0. The molecule has 0 saturated heterocycles. The van der Waals surface area contributed by atoms with Gasteiger partial charge in [0.2, 0.25) is 0 Å². The number of ether oxygens (including phenoxy) is 2. The van der Waals surface area contributed by atoms with Crippen LogP contribution in [0, 0.1) is 6.92 Å². The molecule has 0 aliphatic carbocycles. The van der Waals surface area contributed by atoms with Gasteiger partial charge in [-0.15, -0.1) is 0 Å². The summed E-state index contributed by atoms with van der Waals surface area (Å²) in [4.78, 5) is 2.17. The van der Waals surface area contributed by atoms with Crippen LogP contribution >= 0.6 is 11.8 Å². The van der Waals surface area contributed by atoms with E-state index in [1.165, 1.54) is 10.5 Å². The highest BCUT2D eigenvalue weighted by Gasteiger charge is 2.15. The van der Waals surface area contributed by atoms with Crippen LogP contribution in [0.4, 0.5) is 5.69 Å². The largest absolute Gasteiger partial charge is 0.486 e. The van der Waals surface area contributed by atoms with Crippen molar-refractivity contribution in [1.29, 1.82) is 0 Å². The minimum Gasteiger partial charge on any atom is -0.486 e. The van der Waals surface area contributed by atoms with Gasteiger partial charge in [-0.1, -0.05) is 29.5 Å². The molecule has 3 nitrogen and oxygen atoms in total. The summed E-state index contributed by atoms with van der Waals surface area (Å²) in [6.07, 6.45) is 0. The van der Waals surface area contributed by atoms with E-state index in [-0.39, 0.29) is 0 Å². The van der Waals surface area contributed by atoms with E-state index < -0.39 is 0 Å². The number of fused-ring (bicyclic) bond motifs is 1. The smallest absolute Gasteiger partial charge is 0.163 e. The van der Waals surface area contributed by atoms with E-state index in [2.05, 4.69) is 25.1 Å². The molecule has 2 N–H and O–H groups in total. The Hall–Kier alpha value is -1.81. The molecule has 0 bridgehead atoms. The number of aryl methyl sites for hydroxylation is 1. The van der Waals surface area contributed by atoms with E-state index in [4.69, 9.17) is 15.2 Å². The van der Waals surface area contributed by atoms with Crippen LogP contribution in [0.1, 0.15) is 5.56 Å². The second kappa shape index (κ2) is 5.05. The van der Waals surface area contributed by atoms with E-state index in [9.17, 15) is 0 Å². The minimum absolute atomic E-state index is 0.580. The first-order valence-corrected chi connectivity index (χ1v) is 6.98. The van der Waals surface area contributed by atoms with Gasteiger partial charge in [0.25, 0.3) is 0 Å². The molecule has 2 aromatic rings. The molecule has 0 fully saturated rings. The lowest BCUT2D eigenvalue weighted by Gasteiger charge is -2.20. The Bertz CT molecular complexity index is 613. The molecule has 2 aromatic carbocycles. The number of benzene rings is 2. The normalized spacial score (nSPS) is 13.3. The number of anilines is 1. The topological polar surface area (TPSA) is 44.5 Å². The molecular formula is C15H15NO2S. The maximum Gasteiger partial charge on any atom is 0.163 e. The van der Waals surface area contributed by atoms with E-state index in [1.54, 1.807) is 11.8 Å². The number of nitrogen functional groups attached to an aromatic ring is 1. The third-order valence-electron chi connectivity index (χ3n) is 2.89. The molecule has 0 radical (unpaired) electrons. The lowest BCUT2D eigenvalue weighted by atomic mass is 10.2. The average Bonchev–Trinajstić information content (AvgIpc) is 2.40. The van der Waals surface area contributed by atoms with Crippen molar-refractivity contribution in [2.75, 3.05) is 18.9 Å². The van der Waals surface area contributed by atoms with Crippen LogP contribution in [0.3, 0.4) is 0 Å². The number of hydrogen-bond donors (Lipinski definition) is 1. The molecule has 1 aliphatic rings. The van der Waals surface area contributed by atoms with Crippen LogP contribution in [0.25, 0.3) is 0 Å². The highest BCUT2D eigenvalue weighted by atomic mass is 32.2. The van der Waals surface area contributed by atoms with Crippen LogP contribution in [0.5, 0.6) is 11.5 Å². The summed E-state index contributed by atoms with van der Waals surface area (Å²) in [6.45, 7) is 3.25. The Morgan fingerprint density at radius 1 is 1.05 bits per heavy atom. The molecule has 0 saturated carbocycles. The SMILES string of the molecule is Cc1cccc(Sc2cc3c(cc2N)OCCO3)c1. The molecule has 0 unspecified atom stereocenters. The summed E-state index contributed by atoms with van der Waals surface area (Å²) in [5, 5.41) is 0. The molecule has 0 aromatic heterocycles. The molecule has 0 spiro atoms. The van der Waals surface area contributed by atoms with Gasteiger partial charge in [0.05, 0.1) is 0 Å². The molecule has 19 heavy (non-hydrogen) atoms. The summed E-state index contributed by atoms with van der Waals surface area (Å²) in [5.41, 5.74) is 8.03. The highest BCUT2D eigenvalue weighted by molar-refractivity contribution is 7.99. The van der Waals surface area contributed by atoms with Gasteiger partial charge in [0, 0.05) is 27.6 Å². The lowest BCUT2D eigenvalue weighted by molar-refractivity contribution is 0.171. The first kappa shape index (κ1) is 12.2. The minimum atomic E-state index is 0.580. The van der Waals surface area contributed by atoms with Crippen molar-refractivity contribution in [3.63, 3.8) is 0 Å². The van der Waals surface area contributed by atoms with Gasteiger partial charge in [0.1, 0.15) is 13.2 Å². The molecular weight excluding hydrogens is 258 g/mol. The summed E-state index contributed by atoms with van der Waals surface area (Å²) < 4.78 is 11.1. The zero-order valence-electron chi connectivity index (χ0n) is 10.7. The van der Waals surface area contributed by atoms with Crippen LogP contribution in [0.2, 0.25) is 0 Å². The summed E-state index contributed by atoms with van der Waals surface area (Å²) in [6, 6.07) is 12.1. The Balaban J connectivity index is 1.92. The fraction of sp³-hybridized carbons (Fsp3) is 0.200. The fourth-order valence-corrected chi connectivity index (χ4v) is 2.97. The van der Waals surface area contributed by atoms with Crippen LogP contribution in [0.15, 0.2) is 46.2 Å². The molecule has 98 valence electrons. The monoisotopic (exact) mass is 273 g/mol. The first-order valence-electron chi connectivity index (χ1n) is 6.16. The van der Waals surface area contributed by atoms with Crippen molar-refractivity contribution in [2.24, 2.45) is 0 Å². The molecule has 1 aliphatic heterocycles. The Morgan fingerprint density at radius 3 is 2.53 bits per heavy atom. The van der Waals surface area contributed by atoms with Gasteiger partial charge in [-0.05, 0) is 19.1 Å². The van der Waals surface area contributed by atoms with Gasteiger partial charge < -0.3 is 15.2 Å². The number of nitrogens with two attached hydrogens (primary N) is 1. The Kier molecular flexibility index (Phi) is 3.25. The van der Waals surface area contributed by atoms with Crippen molar-refractivity contribution in [2.45, 2.75) is 16.7 Å². The molecule has 1 heterocycles. The maximum atomic E-state index is 6.07. The third kappa shape index (κ3) is 2.63. The average molecular weight is 273 g/mol. The van der Waals surface area contributed by atoms with Crippen molar-refractivity contribution >= 4 is 17.4 Å². The summed E-state index contributed by atoms with van der Waals surface area (Å²) >= 11 is 1.64. The number of hydrogen-bond acceptors (Lipinski definition) is 4. The standard InChI is InChI=1S/C15H15NO2S/c1-10-3-2-4-11(7-10)19-15-9-14-13(8-12(15)16)17-5-6-18-14/h2-4,7-9H,5-6,16H2,1H3. The third-order valence-corrected chi connectivity index (χ3v) is 3.96. The van der Waals surface area contributed by atoms with Crippen molar-refractivity contribution < 1.29 is 9.47 Å². The molecule has 4 heteroatoms. The Labute approximate surface area is 116 Å². The first-order chi connectivity index (χ1) is 9.22. The highest BCUT2D eigenvalue weighted by Crippen LogP contribution is 2.41. The second-order valence-electron chi connectivity index (χ2n) is 4.45. The quantitative estimate of drug-likeness (QED) is 0.851. The van der Waals surface area contributed by atoms with Gasteiger partial charge in [-0.3, -0.25) is 0 Å². The van der Waals surface area contributed by atoms with Crippen molar-refractivity contribution in [1.82, 2.24) is 0 Å². The fourth-order valence-electron chi connectivity index (χ4n) is 1.98. The van der Waals surface area contributed by atoms with Crippen LogP contribution < -0.4 is 15.2 Å². The zero-order valence-corrected chi connectivity index (χ0v) is 11.5. The zero-order chi connectivity index (χ0) is 13.2. The van der Waals surface area contributed by atoms with Crippen molar-refractivity contribution in [3.05, 3.63) is 42.0 Å². The van der Waals surface area contributed by atoms with Gasteiger partial charge in [-0.25, -0.2) is 0 Å². The van der Waals surface area contributed by atoms with Crippen LogP contribution in [-0.2, 0) is 0 Å². The second-order valence-corrected chi connectivity index (χ2v) is 5.57. The van der Waals surface area contributed by atoms with Gasteiger partial charge >= 0.3 is 0 Å². The van der Waals surface area contributed by atoms with Crippen LogP contribution in [-0.4, -0.2) is 13.2 Å². The van der Waals surface area contributed by atoms with Crippen molar-refractivity contribution in [3.8, 4) is 11.5 Å². The number of rotatable bonds is 2. The van der Waals surface area contributed by atoms with E-state index in [1.807, 2.05) is 18.2 Å². The van der Waals surface area contributed by atoms with E-state index in [0.29, 0.717) is 13.2 Å². The Morgan fingerprint density at radius 2 is 1.79 bits per heavy atom. The molecule has 0 amide bonds. The van der Waals surface area contributed by atoms with Gasteiger partial charge in [0.15, 0.2) is 11.5 Å². The molecule has 3 rings (SSSR count). The summed E-state index contributed by atoms with van der Waals surface area (Å²) in [5.74, 6) is 1.51. The maximum absolute atomic E-state index is 6.07. The molecule has 0 atom stereocenters. The lowest BCUT2D eigenvalue weighted by Crippen LogP contribution is -2.15. The van der Waals surface area contributed by atoms with E-state index in [0.717, 1.165) is 22.1 Å². The predicted octanol–water partition coefficient (Wildman–Crippen LogP) is 3.50. The van der Waals surface area contributed by atoms with E-state index >= 15 is 0 Å². The van der Waals surface area contributed by atoms with Gasteiger partial charge in [-0.2, -0.15) is 0 Å².